The number of aromatic amines is 1. The van der Waals surface area contributed by atoms with Crippen LogP contribution in [-0.4, -0.2) is 9.55 Å². The minimum absolute atomic E-state index is 0.119. The van der Waals surface area contributed by atoms with Crippen molar-refractivity contribution in [2.75, 3.05) is 0 Å². The lowest BCUT2D eigenvalue weighted by Crippen LogP contribution is -2.33. The molecule has 0 saturated carbocycles. The summed E-state index contributed by atoms with van der Waals surface area (Å²) in [5.74, 6) is -0.417. The van der Waals surface area contributed by atoms with Crippen LogP contribution >= 0.6 is 34.8 Å². The lowest BCUT2D eigenvalue weighted by Gasteiger charge is -2.09. The van der Waals surface area contributed by atoms with Crippen LogP contribution in [0.2, 0.25) is 15.1 Å². The van der Waals surface area contributed by atoms with Crippen molar-refractivity contribution in [2.45, 2.75) is 0 Å². The molecule has 0 radical (unpaired) electrons. The molecule has 1 aromatic heterocycles. The predicted octanol–water partition coefficient (Wildman–Crippen LogP) is 4.29. The number of rotatable bonds is 2. The average molecular weight is 386 g/mol. The van der Waals surface area contributed by atoms with Crippen LogP contribution in [0, 0.1) is 5.82 Å². The number of halogens is 4. The first-order valence-electron chi connectivity index (χ1n) is 6.64. The average Bonchev–Trinajstić information content (AvgIpc) is 2.52. The Labute approximate surface area is 150 Å². The molecule has 1 heterocycles. The Balaban J connectivity index is 2.17. The number of H-pyrrole nitrogens is 1. The van der Waals surface area contributed by atoms with Crippen LogP contribution < -0.4 is 11.2 Å². The maximum Gasteiger partial charge on any atom is 0.333 e. The van der Waals surface area contributed by atoms with E-state index in [9.17, 15) is 14.0 Å². The van der Waals surface area contributed by atoms with Crippen LogP contribution in [0.1, 0.15) is 0 Å². The van der Waals surface area contributed by atoms with Gasteiger partial charge in [-0.25, -0.2) is 13.8 Å². The number of hydrogen-bond acceptors (Lipinski definition) is 2. The van der Waals surface area contributed by atoms with Gasteiger partial charge in [0.15, 0.2) is 0 Å². The molecule has 0 spiro atoms. The summed E-state index contributed by atoms with van der Waals surface area (Å²) in [6.07, 6.45) is 0. The molecule has 0 atom stereocenters. The van der Waals surface area contributed by atoms with Gasteiger partial charge in [0.25, 0.3) is 5.56 Å². The largest absolute Gasteiger partial charge is 0.333 e. The number of nitrogens with one attached hydrogen (secondary N) is 1. The van der Waals surface area contributed by atoms with Gasteiger partial charge in [0.1, 0.15) is 5.82 Å². The van der Waals surface area contributed by atoms with Crippen LogP contribution in [0.25, 0.3) is 16.9 Å². The molecule has 1 N–H and O–H groups in total. The molecule has 0 bridgehead atoms. The fourth-order valence-corrected chi connectivity index (χ4v) is 2.78. The SMILES string of the molecule is O=c1cc(-c2ccc(F)cc2)[nH]c(=O)n1-c1cc(Cl)c(Cl)c(Cl)c1. The fourth-order valence-electron chi connectivity index (χ4n) is 2.20. The summed E-state index contributed by atoms with van der Waals surface area (Å²) in [6.45, 7) is 0. The molecule has 0 aliphatic rings. The summed E-state index contributed by atoms with van der Waals surface area (Å²) in [7, 11) is 0. The molecule has 24 heavy (non-hydrogen) atoms. The smallest absolute Gasteiger partial charge is 0.306 e. The number of nitrogens with zero attached hydrogens (tertiary/aromatic N) is 1. The molecule has 122 valence electrons. The highest BCUT2D eigenvalue weighted by molar-refractivity contribution is 6.48. The Morgan fingerprint density at radius 2 is 1.50 bits per heavy atom. The van der Waals surface area contributed by atoms with Gasteiger partial charge < -0.3 is 4.98 Å². The molecule has 8 heteroatoms. The second-order valence-corrected chi connectivity index (χ2v) is 6.08. The molecule has 3 rings (SSSR count). The lowest BCUT2D eigenvalue weighted by molar-refractivity contribution is 0.628. The molecular weight excluding hydrogens is 378 g/mol. The van der Waals surface area contributed by atoms with E-state index < -0.39 is 17.1 Å². The van der Waals surface area contributed by atoms with Gasteiger partial charge in [0, 0.05) is 6.07 Å². The lowest BCUT2D eigenvalue weighted by atomic mass is 10.1. The van der Waals surface area contributed by atoms with E-state index in [1.807, 2.05) is 0 Å². The quantitative estimate of drug-likeness (QED) is 0.669. The molecule has 0 aliphatic carbocycles. The molecule has 0 amide bonds. The van der Waals surface area contributed by atoms with E-state index in [0.29, 0.717) is 5.56 Å². The van der Waals surface area contributed by atoms with Crippen LogP contribution in [0.15, 0.2) is 52.1 Å². The van der Waals surface area contributed by atoms with Crippen LogP contribution in [-0.2, 0) is 0 Å². The molecular formula is C16H8Cl3FN2O2. The van der Waals surface area contributed by atoms with Crippen LogP contribution in [0.4, 0.5) is 4.39 Å². The minimum Gasteiger partial charge on any atom is -0.306 e. The van der Waals surface area contributed by atoms with Crippen molar-refractivity contribution >= 4 is 34.8 Å². The third-order valence-electron chi connectivity index (χ3n) is 3.31. The van der Waals surface area contributed by atoms with Gasteiger partial charge >= 0.3 is 5.69 Å². The van der Waals surface area contributed by atoms with E-state index in [2.05, 4.69) is 4.98 Å². The number of hydrogen-bond donors (Lipinski definition) is 1. The van der Waals surface area contributed by atoms with E-state index in [4.69, 9.17) is 34.8 Å². The fraction of sp³-hybridized carbons (Fsp3) is 0. The molecule has 3 aromatic rings. The molecule has 0 aliphatic heterocycles. The predicted molar refractivity (Wildman–Crippen MR) is 93.1 cm³/mol. The van der Waals surface area contributed by atoms with E-state index in [1.165, 1.54) is 42.5 Å². The van der Waals surface area contributed by atoms with E-state index in [0.717, 1.165) is 4.57 Å². The normalized spacial score (nSPS) is 10.8. The van der Waals surface area contributed by atoms with E-state index in [-0.39, 0.29) is 26.4 Å². The highest BCUT2D eigenvalue weighted by Gasteiger charge is 2.12. The molecule has 4 nitrogen and oxygen atoms in total. The summed E-state index contributed by atoms with van der Waals surface area (Å²) in [6, 6.07) is 9.34. The molecule has 0 saturated heterocycles. The monoisotopic (exact) mass is 384 g/mol. The Hall–Kier alpha value is -2.08. The molecule has 0 unspecified atom stereocenters. The van der Waals surface area contributed by atoms with Gasteiger partial charge in [-0.15, -0.1) is 0 Å². The molecule has 0 fully saturated rings. The third kappa shape index (κ3) is 3.11. The molecule has 2 aromatic carbocycles. The Bertz CT molecular complexity index is 988. The Morgan fingerprint density at radius 1 is 0.917 bits per heavy atom. The second kappa shape index (κ2) is 6.43. The van der Waals surface area contributed by atoms with Crippen molar-refractivity contribution in [2.24, 2.45) is 0 Å². The van der Waals surface area contributed by atoms with Crippen molar-refractivity contribution in [1.29, 1.82) is 0 Å². The first kappa shape index (κ1) is 16.8. The topological polar surface area (TPSA) is 54.9 Å². The second-order valence-electron chi connectivity index (χ2n) is 4.89. The van der Waals surface area contributed by atoms with Gasteiger partial charge in [-0.3, -0.25) is 4.79 Å². The summed E-state index contributed by atoms with van der Waals surface area (Å²) >= 11 is 17.7. The van der Waals surface area contributed by atoms with E-state index in [1.54, 1.807) is 0 Å². The number of aromatic nitrogens is 2. The Morgan fingerprint density at radius 3 is 2.04 bits per heavy atom. The van der Waals surface area contributed by atoms with Crippen LogP contribution in [0.5, 0.6) is 0 Å². The maximum absolute atomic E-state index is 13.0. The summed E-state index contributed by atoms with van der Waals surface area (Å²) in [5, 5.41) is 0.371. The highest BCUT2D eigenvalue weighted by Crippen LogP contribution is 2.31. The van der Waals surface area contributed by atoms with Gasteiger partial charge in [0.2, 0.25) is 0 Å². The van der Waals surface area contributed by atoms with Crippen molar-refractivity contribution in [3.63, 3.8) is 0 Å². The summed E-state index contributed by atoms with van der Waals surface area (Å²) in [5.41, 5.74) is -0.313. The van der Waals surface area contributed by atoms with Crippen LogP contribution in [0.3, 0.4) is 0 Å². The highest BCUT2D eigenvalue weighted by atomic mass is 35.5. The standard InChI is InChI=1S/C16H8Cl3FN2O2/c17-11-5-10(6-12(18)15(11)19)22-14(23)7-13(21-16(22)24)8-1-3-9(20)4-2-8/h1-7H,(H,21,24). The van der Waals surface area contributed by atoms with Crippen molar-refractivity contribution < 1.29 is 4.39 Å². The zero-order chi connectivity index (χ0) is 17.4. The zero-order valence-electron chi connectivity index (χ0n) is 11.8. The van der Waals surface area contributed by atoms with Gasteiger partial charge in [-0.2, -0.15) is 0 Å². The van der Waals surface area contributed by atoms with Crippen molar-refractivity contribution in [3.8, 4) is 16.9 Å². The van der Waals surface area contributed by atoms with E-state index >= 15 is 0 Å². The summed E-state index contributed by atoms with van der Waals surface area (Å²) < 4.78 is 13.9. The minimum atomic E-state index is -0.684. The zero-order valence-corrected chi connectivity index (χ0v) is 14.1. The van der Waals surface area contributed by atoms with Crippen molar-refractivity contribution in [3.05, 3.63) is 84.2 Å². The number of benzene rings is 2. The Kier molecular flexibility index (Phi) is 4.49. The maximum atomic E-state index is 13.0. The first-order valence-corrected chi connectivity index (χ1v) is 7.77. The van der Waals surface area contributed by atoms with Gasteiger partial charge in [-0.05, 0) is 42.0 Å². The summed E-state index contributed by atoms with van der Waals surface area (Å²) in [4.78, 5) is 27.3. The first-order chi connectivity index (χ1) is 11.4. The third-order valence-corrected chi connectivity index (χ3v) is 4.51. The van der Waals surface area contributed by atoms with Gasteiger partial charge in [-0.1, -0.05) is 34.8 Å². The van der Waals surface area contributed by atoms with Gasteiger partial charge in [0.05, 0.1) is 26.4 Å². The van der Waals surface area contributed by atoms with Crippen molar-refractivity contribution in [1.82, 2.24) is 9.55 Å².